The quantitative estimate of drug-likeness (QED) is 0.459. The van der Waals surface area contributed by atoms with Gasteiger partial charge in [-0.15, -0.1) is 0 Å². The molecule has 0 aliphatic carbocycles. The number of hydrogen-bond donors (Lipinski definition) is 1. The molecule has 170 valence electrons. The normalized spacial score (nSPS) is 11.5. The first-order chi connectivity index (χ1) is 15.7. The summed E-state index contributed by atoms with van der Waals surface area (Å²) in [6.07, 6.45) is -1.79. The van der Waals surface area contributed by atoms with Gasteiger partial charge in [0.2, 0.25) is 0 Å². The van der Waals surface area contributed by atoms with Crippen molar-refractivity contribution in [2.75, 3.05) is 11.9 Å². The summed E-state index contributed by atoms with van der Waals surface area (Å²) in [5.74, 6) is -1.30. The predicted octanol–water partition coefficient (Wildman–Crippen LogP) is 3.58. The fourth-order valence-electron chi connectivity index (χ4n) is 3.23. The maximum Gasteiger partial charge on any atom is 0.435 e. The molecule has 0 unspecified atom stereocenters. The van der Waals surface area contributed by atoms with Crippen LogP contribution in [0.3, 0.4) is 0 Å². The lowest BCUT2D eigenvalue weighted by molar-refractivity contribution is -0.141. The van der Waals surface area contributed by atoms with Gasteiger partial charge in [0.05, 0.1) is 18.5 Å². The Labute approximate surface area is 184 Å². The summed E-state index contributed by atoms with van der Waals surface area (Å²) in [5.41, 5.74) is 0.653. The van der Waals surface area contributed by atoms with E-state index in [0.717, 1.165) is 4.68 Å². The molecule has 0 saturated heterocycles. The van der Waals surface area contributed by atoms with E-state index in [4.69, 9.17) is 4.74 Å². The molecule has 0 atom stereocenters. The van der Waals surface area contributed by atoms with E-state index in [9.17, 15) is 22.8 Å². The smallest absolute Gasteiger partial charge is 0.435 e. The van der Waals surface area contributed by atoms with Crippen molar-refractivity contribution in [2.24, 2.45) is 7.05 Å². The molecule has 0 aliphatic rings. The molecule has 1 aromatic carbocycles. The number of aromatic nitrogens is 5. The van der Waals surface area contributed by atoms with Gasteiger partial charge in [-0.2, -0.15) is 23.4 Å². The number of hydrogen-bond acceptors (Lipinski definition) is 6. The maximum atomic E-state index is 12.9. The Morgan fingerprint density at radius 2 is 1.97 bits per heavy atom. The van der Waals surface area contributed by atoms with E-state index < -0.39 is 23.7 Å². The van der Waals surface area contributed by atoms with Gasteiger partial charge in [-0.1, -0.05) is 12.1 Å². The molecule has 0 bridgehead atoms. The zero-order chi connectivity index (χ0) is 23.8. The minimum atomic E-state index is -4.66. The van der Waals surface area contributed by atoms with Crippen LogP contribution in [0.25, 0.3) is 16.9 Å². The summed E-state index contributed by atoms with van der Waals surface area (Å²) >= 11 is 0. The number of nitrogens with one attached hydrogen (secondary N) is 1. The zero-order valence-corrected chi connectivity index (χ0v) is 17.4. The number of ether oxygens (including phenoxy) is 1. The van der Waals surface area contributed by atoms with E-state index in [1.54, 1.807) is 37.3 Å². The molecule has 9 nitrogen and oxygen atoms in total. The number of carbonyl (C=O) groups excluding carboxylic acids is 2. The van der Waals surface area contributed by atoms with E-state index in [1.807, 2.05) is 0 Å². The van der Waals surface area contributed by atoms with Crippen molar-refractivity contribution >= 4 is 23.2 Å². The zero-order valence-electron chi connectivity index (χ0n) is 17.4. The second-order valence-corrected chi connectivity index (χ2v) is 6.92. The first-order valence-corrected chi connectivity index (χ1v) is 9.72. The van der Waals surface area contributed by atoms with E-state index in [2.05, 4.69) is 20.5 Å². The van der Waals surface area contributed by atoms with Crippen LogP contribution < -0.4 is 5.32 Å². The molecule has 0 aliphatic heterocycles. The van der Waals surface area contributed by atoms with Gasteiger partial charge in [0.1, 0.15) is 11.3 Å². The Balaban J connectivity index is 1.64. The summed E-state index contributed by atoms with van der Waals surface area (Å²) in [6.45, 7) is 1.90. The molecule has 4 rings (SSSR count). The largest absolute Gasteiger partial charge is 0.462 e. The average molecular weight is 458 g/mol. The molecule has 0 radical (unpaired) electrons. The van der Waals surface area contributed by atoms with E-state index in [-0.39, 0.29) is 17.9 Å². The number of nitrogens with zero attached hydrogens (tertiary/aromatic N) is 5. The Hall–Kier alpha value is -4.22. The number of amides is 1. The number of fused-ring (bicyclic) bond motifs is 1. The monoisotopic (exact) mass is 458 g/mol. The van der Waals surface area contributed by atoms with Gasteiger partial charge in [-0.25, -0.2) is 14.3 Å². The van der Waals surface area contributed by atoms with Gasteiger partial charge in [-0.05, 0) is 25.1 Å². The van der Waals surface area contributed by atoms with Gasteiger partial charge >= 0.3 is 12.1 Å². The van der Waals surface area contributed by atoms with Crippen LogP contribution in [0.15, 0.2) is 48.8 Å². The molecule has 1 amide bonds. The number of carbonyl (C=O) groups is 2. The summed E-state index contributed by atoms with van der Waals surface area (Å²) < 4.78 is 46.0. The molecular formula is C21H17F3N6O3. The SMILES string of the molecule is CCOC(=O)c1cnn2c(-c3cccc(NC(=O)c4cc(C(F)(F)F)nn4C)c3)ccnc12. The van der Waals surface area contributed by atoms with Crippen molar-refractivity contribution in [3.63, 3.8) is 0 Å². The van der Waals surface area contributed by atoms with Gasteiger partial charge in [0.25, 0.3) is 5.91 Å². The summed E-state index contributed by atoms with van der Waals surface area (Å²) in [6, 6.07) is 8.99. The Morgan fingerprint density at radius 3 is 2.67 bits per heavy atom. The van der Waals surface area contributed by atoms with E-state index in [0.29, 0.717) is 28.7 Å². The number of esters is 1. The third-order valence-corrected chi connectivity index (χ3v) is 4.72. The highest BCUT2D eigenvalue weighted by Gasteiger charge is 2.35. The molecule has 12 heteroatoms. The fourth-order valence-corrected chi connectivity index (χ4v) is 3.23. The third kappa shape index (κ3) is 4.27. The highest BCUT2D eigenvalue weighted by atomic mass is 19.4. The second kappa shape index (κ2) is 8.37. The number of aryl methyl sites for hydroxylation is 1. The number of anilines is 1. The standard InChI is InChI=1S/C21H17F3N6O3/c1-3-33-20(32)14-11-26-30-15(7-8-25-18(14)30)12-5-4-6-13(9-12)27-19(31)16-10-17(21(22,23)24)28-29(16)2/h4-11H,3H2,1-2H3,(H,27,31). The average Bonchev–Trinajstić information content (AvgIpc) is 3.37. The molecule has 0 spiro atoms. The number of benzene rings is 1. The van der Waals surface area contributed by atoms with E-state index >= 15 is 0 Å². The van der Waals surface area contributed by atoms with Crippen LogP contribution in [0.2, 0.25) is 0 Å². The van der Waals surface area contributed by atoms with Crippen molar-refractivity contribution < 1.29 is 27.5 Å². The molecule has 33 heavy (non-hydrogen) atoms. The lowest BCUT2D eigenvalue weighted by Crippen LogP contribution is -2.16. The highest BCUT2D eigenvalue weighted by molar-refractivity contribution is 6.03. The predicted molar refractivity (Wildman–Crippen MR) is 111 cm³/mol. The Morgan fingerprint density at radius 1 is 1.18 bits per heavy atom. The molecule has 3 heterocycles. The second-order valence-electron chi connectivity index (χ2n) is 6.92. The lowest BCUT2D eigenvalue weighted by atomic mass is 10.1. The highest BCUT2D eigenvalue weighted by Crippen LogP contribution is 2.29. The lowest BCUT2D eigenvalue weighted by Gasteiger charge is -2.09. The molecule has 0 saturated carbocycles. The van der Waals surface area contributed by atoms with Crippen LogP contribution >= 0.6 is 0 Å². The molecule has 3 aromatic heterocycles. The van der Waals surface area contributed by atoms with Crippen molar-refractivity contribution in [2.45, 2.75) is 13.1 Å². The minimum absolute atomic E-state index is 0.207. The van der Waals surface area contributed by atoms with Crippen LogP contribution in [0.5, 0.6) is 0 Å². The molecule has 0 fully saturated rings. The van der Waals surface area contributed by atoms with Crippen LogP contribution in [-0.4, -0.2) is 42.9 Å². The van der Waals surface area contributed by atoms with Gasteiger partial charge in [0, 0.05) is 30.6 Å². The summed E-state index contributed by atoms with van der Waals surface area (Å²) in [5, 5.41) is 10.1. The third-order valence-electron chi connectivity index (χ3n) is 4.72. The molecule has 4 aromatic rings. The van der Waals surface area contributed by atoms with Crippen LogP contribution in [0.4, 0.5) is 18.9 Å². The van der Waals surface area contributed by atoms with Crippen LogP contribution in [0.1, 0.15) is 33.5 Å². The van der Waals surface area contributed by atoms with E-state index in [1.165, 1.54) is 24.0 Å². The van der Waals surface area contributed by atoms with Gasteiger partial charge in [-0.3, -0.25) is 9.48 Å². The topological polar surface area (TPSA) is 103 Å². The Kier molecular flexibility index (Phi) is 5.58. The first kappa shape index (κ1) is 22.0. The maximum absolute atomic E-state index is 12.9. The van der Waals surface area contributed by atoms with Crippen LogP contribution in [-0.2, 0) is 18.0 Å². The van der Waals surface area contributed by atoms with Crippen molar-refractivity contribution in [1.82, 2.24) is 24.4 Å². The molecular weight excluding hydrogens is 441 g/mol. The van der Waals surface area contributed by atoms with Crippen molar-refractivity contribution in [3.05, 3.63) is 65.7 Å². The van der Waals surface area contributed by atoms with Crippen LogP contribution in [0, 0.1) is 0 Å². The first-order valence-electron chi connectivity index (χ1n) is 9.72. The number of alkyl halides is 3. The molecule has 1 N–H and O–H groups in total. The number of halogens is 3. The summed E-state index contributed by atoms with van der Waals surface area (Å²) in [4.78, 5) is 28.9. The fraction of sp³-hybridized carbons (Fsp3) is 0.190. The van der Waals surface area contributed by atoms with Gasteiger partial charge < -0.3 is 10.1 Å². The van der Waals surface area contributed by atoms with Crippen molar-refractivity contribution in [1.29, 1.82) is 0 Å². The summed E-state index contributed by atoms with van der Waals surface area (Å²) in [7, 11) is 1.26. The van der Waals surface area contributed by atoms with Crippen molar-refractivity contribution in [3.8, 4) is 11.3 Å². The Bertz CT molecular complexity index is 1360. The number of rotatable bonds is 5. The minimum Gasteiger partial charge on any atom is -0.462 e. The van der Waals surface area contributed by atoms with Gasteiger partial charge in [0.15, 0.2) is 11.3 Å².